The minimum Gasteiger partial charge on any atom is -0.351 e. The first-order chi connectivity index (χ1) is 15.8. The number of hydrogen-bond donors (Lipinski definition) is 1. The van der Waals surface area contributed by atoms with Gasteiger partial charge < -0.3 is 10.2 Å². The molecule has 1 aromatic heterocycles. The normalized spacial score (nSPS) is 22.1. The van der Waals surface area contributed by atoms with E-state index in [1.807, 2.05) is 31.2 Å². The van der Waals surface area contributed by atoms with Crippen LogP contribution in [0.15, 0.2) is 30.3 Å². The van der Waals surface area contributed by atoms with Crippen LogP contribution in [0.5, 0.6) is 0 Å². The van der Waals surface area contributed by atoms with Crippen LogP contribution in [0, 0.1) is 6.92 Å². The molecule has 1 atom stereocenters. The summed E-state index contributed by atoms with van der Waals surface area (Å²) >= 11 is 0. The Labute approximate surface area is 197 Å². The summed E-state index contributed by atoms with van der Waals surface area (Å²) in [6, 6.07) is 10.2. The van der Waals surface area contributed by atoms with Crippen molar-refractivity contribution in [2.45, 2.75) is 103 Å². The molecule has 1 saturated carbocycles. The van der Waals surface area contributed by atoms with Crippen LogP contribution in [-0.4, -0.2) is 38.1 Å². The van der Waals surface area contributed by atoms with Crippen LogP contribution in [0.1, 0.15) is 98.9 Å². The second-order valence-electron chi connectivity index (χ2n) is 10.4. The molecule has 0 bridgehead atoms. The minimum absolute atomic E-state index is 0.0674. The molecule has 33 heavy (non-hydrogen) atoms. The lowest BCUT2D eigenvalue weighted by Crippen LogP contribution is -2.64. The SMILES string of the molecule is Cc1ccccc1CN1C(=O)c2cc(C(C)C)nn2CC1(C)C(=O)NC1CCCCCCC1. The minimum atomic E-state index is -1.00. The van der Waals surface area contributed by atoms with Crippen molar-refractivity contribution in [1.82, 2.24) is 20.0 Å². The second kappa shape index (κ2) is 9.70. The van der Waals surface area contributed by atoms with Gasteiger partial charge in [0.15, 0.2) is 0 Å². The maximum Gasteiger partial charge on any atom is 0.273 e. The number of aryl methyl sites for hydroxylation is 1. The second-order valence-corrected chi connectivity index (χ2v) is 10.4. The van der Waals surface area contributed by atoms with Crippen LogP contribution in [-0.2, 0) is 17.9 Å². The third-order valence-electron chi connectivity index (χ3n) is 7.43. The molecule has 0 spiro atoms. The molecular formula is C27H38N4O2. The van der Waals surface area contributed by atoms with Gasteiger partial charge in [-0.15, -0.1) is 0 Å². The summed E-state index contributed by atoms with van der Waals surface area (Å²) in [5.74, 6) is 0.0252. The number of fused-ring (bicyclic) bond motifs is 1. The highest BCUT2D eigenvalue weighted by molar-refractivity contribution is 5.99. The van der Waals surface area contributed by atoms with E-state index < -0.39 is 5.54 Å². The number of hydrogen-bond acceptors (Lipinski definition) is 3. The highest BCUT2D eigenvalue weighted by Crippen LogP contribution is 2.31. The van der Waals surface area contributed by atoms with Gasteiger partial charge in [-0.3, -0.25) is 14.3 Å². The van der Waals surface area contributed by atoms with Crippen LogP contribution in [0.4, 0.5) is 0 Å². The summed E-state index contributed by atoms with van der Waals surface area (Å²) in [5, 5.41) is 8.04. The number of amides is 2. The Morgan fingerprint density at radius 1 is 1.15 bits per heavy atom. The molecule has 1 aliphatic heterocycles. The monoisotopic (exact) mass is 450 g/mol. The van der Waals surface area contributed by atoms with Gasteiger partial charge in [-0.25, -0.2) is 0 Å². The van der Waals surface area contributed by atoms with Gasteiger partial charge in [0.1, 0.15) is 11.2 Å². The highest BCUT2D eigenvalue weighted by Gasteiger charge is 2.48. The van der Waals surface area contributed by atoms with E-state index in [9.17, 15) is 9.59 Å². The van der Waals surface area contributed by atoms with E-state index in [2.05, 4.69) is 32.2 Å². The van der Waals surface area contributed by atoms with Gasteiger partial charge in [-0.2, -0.15) is 5.10 Å². The van der Waals surface area contributed by atoms with E-state index in [-0.39, 0.29) is 23.8 Å². The maximum atomic E-state index is 13.8. The lowest BCUT2D eigenvalue weighted by molar-refractivity contribution is -0.134. The standard InChI is InChI=1S/C27H38N4O2/c1-19(2)23-16-24-25(32)30(17-21-13-11-10-12-20(21)3)27(4,18-31(24)29-23)26(33)28-22-14-8-6-5-7-9-15-22/h10-13,16,19,22H,5-9,14-15,17-18H2,1-4H3,(H,28,33). The van der Waals surface area contributed by atoms with Crippen molar-refractivity contribution >= 4 is 11.8 Å². The molecule has 4 rings (SSSR count). The summed E-state index contributed by atoms with van der Waals surface area (Å²) < 4.78 is 1.75. The first-order valence-corrected chi connectivity index (χ1v) is 12.5. The summed E-state index contributed by atoms with van der Waals surface area (Å²) in [6.45, 7) is 8.88. The van der Waals surface area contributed by atoms with Gasteiger partial charge in [0.2, 0.25) is 5.91 Å². The number of aromatic nitrogens is 2. The molecule has 1 aromatic carbocycles. The number of nitrogens with one attached hydrogen (secondary N) is 1. The Morgan fingerprint density at radius 3 is 2.48 bits per heavy atom. The smallest absolute Gasteiger partial charge is 0.273 e. The molecule has 1 aliphatic carbocycles. The molecule has 1 unspecified atom stereocenters. The van der Waals surface area contributed by atoms with E-state index in [4.69, 9.17) is 5.10 Å². The first kappa shape index (κ1) is 23.5. The van der Waals surface area contributed by atoms with Crippen LogP contribution in [0.25, 0.3) is 0 Å². The fourth-order valence-electron chi connectivity index (χ4n) is 5.09. The van der Waals surface area contributed by atoms with E-state index in [1.165, 1.54) is 19.3 Å². The van der Waals surface area contributed by atoms with E-state index in [0.717, 1.165) is 42.5 Å². The molecule has 1 N–H and O–H groups in total. The predicted octanol–water partition coefficient (Wildman–Crippen LogP) is 4.96. The van der Waals surface area contributed by atoms with Crippen molar-refractivity contribution < 1.29 is 9.59 Å². The number of rotatable bonds is 5. The lowest BCUT2D eigenvalue weighted by atomic mass is 9.91. The van der Waals surface area contributed by atoms with Crippen LogP contribution in [0.3, 0.4) is 0 Å². The number of carbonyl (C=O) groups is 2. The molecule has 178 valence electrons. The lowest BCUT2D eigenvalue weighted by Gasteiger charge is -2.44. The fraction of sp³-hybridized carbons (Fsp3) is 0.593. The van der Waals surface area contributed by atoms with Crippen LogP contribution < -0.4 is 5.32 Å². The Balaban J connectivity index is 1.67. The summed E-state index contributed by atoms with van der Waals surface area (Å²) in [7, 11) is 0. The highest BCUT2D eigenvalue weighted by atomic mass is 16.2. The largest absolute Gasteiger partial charge is 0.351 e. The Kier molecular flexibility index (Phi) is 6.91. The van der Waals surface area contributed by atoms with Gasteiger partial charge in [0.05, 0.1) is 12.2 Å². The van der Waals surface area contributed by atoms with Crippen molar-refractivity contribution in [1.29, 1.82) is 0 Å². The van der Waals surface area contributed by atoms with Gasteiger partial charge >= 0.3 is 0 Å². The van der Waals surface area contributed by atoms with Crippen LogP contribution >= 0.6 is 0 Å². The summed E-state index contributed by atoms with van der Waals surface area (Å²) in [6.07, 6.45) is 8.07. The first-order valence-electron chi connectivity index (χ1n) is 12.5. The van der Waals surface area contributed by atoms with Crippen molar-refractivity contribution in [3.05, 3.63) is 52.8 Å². The third-order valence-corrected chi connectivity index (χ3v) is 7.43. The Morgan fingerprint density at radius 2 is 1.82 bits per heavy atom. The molecule has 0 saturated heterocycles. The average Bonchev–Trinajstić information content (AvgIpc) is 3.18. The molecule has 1 fully saturated rings. The van der Waals surface area contributed by atoms with E-state index in [0.29, 0.717) is 18.8 Å². The van der Waals surface area contributed by atoms with Gasteiger partial charge in [-0.05, 0) is 49.8 Å². The topological polar surface area (TPSA) is 67.2 Å². The Bertz CT molecular complexity index is 1000. The molecule has 6 nitrogen and oxygen atoms in total. The molecular weight excluding hydrogens is 412 g/mol. The number of carbonyl (C=O) groups excluding carboxylic acids is 2. The molecule has 2 aromatic rings. The number of benzene rings is 1. The predicted molar refractivity (Wildman–Crippen MR) is 130 cm³/mol. The molecule has 6 heteroatoms. The van der Waals surface area contributed by atoms with Crippen molar-refractivity contribution in [2.75, 3.05) is 0 Å². The third kappa shape index (κ3) is 4.85. The van der Waals surface area contributed by atoms with Crippen LogP contribution in [0.2, 0.25) is 0 Å². The van der Waals surface area contributed by atoms with Gasteiger partial charge in [-0.1, -0.05) is 70.2 Å². The van der Waals surface area contributed by atoms with Crippen molar-refractivity contribution in [2.24, 2.45) is 0 Å². The van der Waals surface area contributed by atoms with Crippen molar-refractivity contribution in [3.63, 3.8) is 0 Å². The zero-order chi connectivity index (χ0) is 23.6. The van der Waals surface area contributed by atoms with Gasteiger partial charge in [0.25, 0.3) is 5.91 Å². The zero-order valence-electron chi connectivity index (χ0n) is 20.6. The van der Waals surface area contributed by atoms with Gasteiger partial charge in [0, 0.05) is 12.6 Å². The molecule has 2 heterocycles. The number of nitrogens with zero attached hydrogens (tertiary/aromatic N) is 3. The fourth-order valence-corrected chi connectivity index (χ4v) is 5.09. The van der Waals surface area contributed by atoms with E-state index in [1.54, 1.807) is 9.58 Å². The average molecular weight is 451 g/mol. The summed E-state index contributed by atoms with van der Waals surface area (Å²) in [4.78, 5) is 29.4. The Hall–Kier alpha value is -2.63. The summed E-state index contributed by atoms with van der Waals surface area (Å²) in [5.41, 5.74) is 2.64. The molecule has 2 amide bonds. The maximum absolute atomic E-state index is 13.8. The molecule has 0 radical (unpaired) electrons. The van der Waals surface area contributed by atoms with Crippen molar-refractivity contribution in [3.8, 4) is 0 Å². The quantitative estimate of drug-likeness (QED) is 0.700. The molecule has 2 aliphatic rings. The van der Waals surface area contributed by atoms with E-state index >= 15 is 0 Å². The zero-order valence-corrected chi connectivity index (χ0v) is 20.6.